The summed E-state index contributed by atoms with van der Waals surface area (Å²) in [6, 6.07) is 14.8. The van der Waals surface area contributed by atoms with Gasteiger partial charge in [0.15, 0.2) is 0 Å². The Bertz CT molecular complexity index is 929. The van der Waals surface area contributed by atoms with E-state index in [1.54, 1.807) is 36.4 Å². The molecule has 5 nitrogen and oxygen atoms in total. The molecule has 2 aliphatic rings. The van der Waals surface area contributed by atoms with Gasteiger partial charge in [0.2, 0.25) is 9.84 Å². The number of piperazine rings is 1. The fraction of sp³-hybridized carbons (Fsp3) is 0.500. The van der Waals surface area contributed by atoms with Crippen molar-refractivity contribution in [1.29, 1.82) is 0 Å². The fourth-order valence-electron chi connectivity index (χ4n) is 4.67. The molecule has 0 amide bonds. The zero-order valence-corrected chi connectivity index (χ0v) is 18.6. The zero-order valence-electron chi connectivity index (χ0n) is 17.8. The van der Waals surface area contributed by atoms with E-state index in [1.807, 2.05) is 12.1 Å². The third kappa shape index (κ3) is 4.88. The first-order valence-electron chi connectivity index (χ1n) is 11.0. The molecule has 30 heavy (non-hydrogen) atoms. The van der Waals surface area contributed by atoms with Crippen LogP contribution in [-0.4, -0.2) is 57.5 Å². The molecule has 4 rings (SSSR count). The van der Waals surface area contributed by atoms with Gasteiger partial charge in [0.25, 0.3) is 0 Å². The topological polar surface area (TPSA) is 49.9 Å². The minimum Gasteiger partial charge on any atom is -0.497 e. The molecule has 1 saturated heterocycles. The first kappa shape index (κ1) is 21.3. The van der Waals surface area contributed by atoms with Crippen molar-refractivity contribution in [3.63, 3.8) is 0 Å². The molecule has 0 bridgehead atoms. The Balaban J connectivity index is 1.36. The van der Waals surface area contributed by atoms with Gasteiger partial charge in [-0.25, -0.2) is 8.42 Å². The molecule has 0 radical (unpaired) electrons. The van der Waals surface area contributed by atoms with Gasteiger partial charge in [-0.1, -0.05) is 37.5 Å². The minimum atomic E-state index is -3.54. The van der Waals surface area contributed by atoms with E-state index in [4.69, 9.17) is 4.74 Å². The number of hydrogen-bond donors (Lipinski definition) is 0. The van der Waals surface area contributed by atoms with Crippen LogP contribution in [0.4, 0.5) is 0 Å². The third-order valence-corrected chi connectivity index (χ3v) is 8.26. The molecule has 1 aliphatic heterocycles. The molecule has 6 heteroatoms. The summed E-state index contributed by atoms with van der Waals surface area (Å²) in [6.45, 7) is 5.33. The van der Waals surface area contributed by atoms with Crippen LogP contribution >= 0.6 is 0 Å². The highest BCUT2D eigenvalue weighted by Gasteiger charge is 2.25. The molecule has 0 aromatic heterocycles. The van der Waals surface area contributed by atoms with Crippen molar-refractivity contribution in [2.45, 2.75) is 54.5 Å². The lowest BCUT2D eigenvalue weighted by atomic mass is 9.94. The largest absolute Gasteiger partial charge is 0.497 e. The van der Waals surface area contributed by atoms with E-state index < -0.39 is 9.84 Å². The Morgan fingerprint density at radius 2 is 1.60 bits per heavy atom. The van der Waals surface area contributed by atoms with Gasteiger partial charge in [0, 0.05) is 38.8 Å². The van der Waals surface area contributed by atoms with Crippen LogP contribution in [0.15, 0.2) is 58.3 Å². The molecule has 2 aromatic carbocycles. The highest BCUT2D eigenvalue weighted by Crippen LogP contribution is 2.26. The number of sulfone groups is 1. The van der Waals surface area contributed by atoms with Gasteiger partial charge in [0.1, 0.15) is 5.75 Å². The molecule has 2 aromatic rings. The van der Waals surface area contributed by atoms with Crippen LogP contribution in [0, 0.1) is 0 Å². The number of benzene rings is 2. The summed E-state index contributed by atoms with van der Waals surface area (Å²) >= 11 is 0. The van der Waals surface area contributed by atoms with Gasteiger partial charge < -0.3 is 4.74 Å². The summed E-state index contributed by atoms with van der Waals surface area (Å²) in [7, 11) is -2.00. The molecule has 0 spiro atoms. The third-order valence-electron chi connectivity index (χ3n) is 6.49. The van der Waals surface area contributed by atoms with Crippen molar-refractivity contribution in [3.05, 3.63) is 54.1 Å². The molecule has 1 saturated carbocycles. The van der Waals surface area contributed by atoms with Crippen LogP contribution < -0.4 is 4.74 Å². The second kappa shape index (κ2) is 9.50. The summed E-state index contributed by atoms with van der Waals surface area (Å²) < 4.78 is 31.0. The van der Waals surface area contributed by atoms with Crippen molar-refractivity contribution in [3.8, 4) is 5.75 Å². The minimum absolute atomic E-state index is 0.258. The maximum absolute atomic E-state index is 12.9. The van der Waals surface area contributed by atoms with E-state index in [0.717, 1.165) is 44.3 Å². The SMILES string of the molecule is COc1cccc(S(=O)(=O)c2ccc(CN3CCN(C4CCCCC4)CC3)cc2)c1. The van der Waals surface area contributed by atoms with Crippen LogP contribution in [0.1, 0.15) is 37.7 Å². The van der Waals surface area contributed by atoms with Gasteiger partial charge >= 0.3 is 0 Å². The van der Waals surface area contributed by atoms with E-state index in [2.05, 4.69) is 9.80 Å². The normalized spacial score (nSPS) is 19.6. The van der Waals surface area contributed by atoms with Crippen molar-refractivity contribution >= 4 is 9.84 Å². The summed E-state index contributed by atoms with van der Waals surface area (Å²) in [4.78, 5) is 5.74. The summed E-state index contributed by atoms with van der Waals surface area (Å²) in [5.74, 6) is 0.542. The maximum Gasteiger partial charge on any atom is 0.206 e. The highest BCUT2D eigenvalue weighted by molar-refractivity contribution is 7.91. The first-order chi connectivity index (χ1) is 14.6. The lowest BCUT2D eigenvalue weighted by Crippen LogP contribution is -2.50. The van der Waals surface area contributed by atoms with E-state index in [0.29, 0.717) is 10.6 Å². The fourth-order valence-corrected chi connectivity index (χ4v) is 5.97. The molecule has 0 atom stereocenters. The number of hydrogen-bond acceptors (Lipinski definition) is 5. The van der Waals surface area contributed by atoms with Gasteiger partial charge in [-0.05, 0) is 48.7 Å². The Labute approximate surface area is 180 Å². The first-order valence-corrected chi connectivity index (χ1v) is 12.5. The Morgan fingerprint density at radius 1 is 0.900 bits per heavy atom. The standard InChI is InChI=1S/C24H32N2O3S/c1-29-22-8-5-9-24(18-22)30(27,28)23-12-10-20(11-13-23)19-25-14-16-26(17-15-25)21-6-3-2-4-7-21/h5,8-13,18,21H,2-4,6-7,14-17,19H2,1H3. The molecule has 0 unspecified atom stereocenters. The summed E-state index contributed by atoms with van der Waals surface area (Å²) in [6.07, 6.45) is 6.90. The van der Waals surface area contributed by atoms with Crippen molar-refractivity contribution < 1.29 is 13.2 Å². The number of nitrogens with zero attached hydrogens (tertiary/aromatic N) is 2. The molecule has 1 aliphatic carbocycles. The van der Waals surface area contributed by atoms with Crippen LogP contribution in [0.2, 0.25) is 0 Å². The average Bonchev–Trinajstić information content (AvgIpc) is 2.80. The van der Waals surface area contributed by atoms with Crippen molar-refractivity contribution in [2.75, 3.05) is 33.3 Å². The molecule has 0 N–H and O–H groups in total. The molecule has 1 heterocycles. The quantitative estimate of drug-likeness (QED) is 0.697. The average molecular weight is 429 g/mol. The van der Waals surface area contributed by atoms with Crippen molar-refractivity contribution in [2.24, 2.45) is 0 Å². The number of methoxy groups -OCH3 is 1. The lowest BCUT2D eigenvalue weighted by Gasteiger charge is -2.40. The number of ether oxygens (including phenoxy) is 1. The number of rotatable bonds is 6. The molecule has 162 valence electrons. The maximum atomic E-state index is 12.9. The van der Waals surface area contributed by atoms with E-state index in [-0.39, 0.29) is 4.90 Å². The zero-order chi connectivity index (χ0) is 21.0. The van der Waals surface area contributed by atoms with Crippen LogP contribution in [0.25, 0.3) is 0 Å². The lowest BCUT2D eigenvalue weighted by molar-refractivity contribution is 0.0755. The second-order valence-electron chi connectivity index (χ2n) is 8.43. The second-order valence-corrected chi connectivity index (χ2v) is 10.4. The summed E-state index contributed by atoms with van der Waals surface area (Å²) in [5, 5.41) is 0. The van der Waals surface area contributed by atoms with E-state index in [9.17, 15) is 8.42 Å². The highest BCUT2D eigenvalue weighted by atomic mass is 32.2. The smallest absolute Gasteiger partial charge is 0.206 e. The van der Waals surface area contributed by atoms with E-state index in [1.165, 1.54) is 39.2 Å². The molecule has 2 fully saturated rings. The summed E-state index contributed by atoms with van der Waals surface area (Å²) in [5.41, 5.74) is 1.16. The predicted octanol–water partition coefficient (Wildman–Crippen LogP) is 3.98. The Morgan fingerprint density at radius 3 is 2.27 bits per heavy atom. The van der Waals surface area contributed by atoms with Crippen molar-refractivity contribution in [1.82, 2.24) is 9.80 Å². The predicted molar refractivity (Wildman–Crippen MR) is 119 cm³/mol. The van der Waals surface area contributed by atoms with Crippen LogP contribution in [0.5, 0.6) is 5.75 Å². The van der Waals surface area contributed by atoms with Crippen LogP contribution in [-0.2, 0) is 16.4 Å². The molecular formula is C24H32N2O3S. The Kier molecular flexibility index (Phi) is 6.76. The Hall–Kier alpha value is -1.89. The van der Waals surface area contributed by atoms with Gasteiger partial charge in [-0.15, -0.1) is 0 Å². The van der Waals surface area contributed by atoms with Gasteiger partial charge in [-0.2, -0.15) is 0 Å². The monoisotopic (exact) mass is 428 g/mol. The van der Waals surface area contributed by atoms with Gasteiger partial charge in [0.05, 0.1) is 16.9 Å². The molecular weight excluding hydrogens is 396 g/mol. The van der Waals surface area contributed by atoms with Crippen LogP contribution in [0.3, 0.4) is 0 Å². The van der Waals surface area contributed by atoms with E-state index >= 15 is 0 Å². The van der Waals surface area contributed by atoms with Gasteiger partial charge in [-0.3, -0.25) is 9.80 Å².